The molecule has 0 aliphatic carbocycles. The van der Waals surface area contributed by atoms with Gasteiger partial charge in [0.15, 0.2) is 0 Å². The zero-order valence-corrected chi connectivity index (χ0v) is 13.7. The van der Waals surface area contributed by atoms with E-state index < -0.39 is 24.3 Å². The van der Waals surface area contributed by atoms with Crippen LogP contribution in [0.4, 0.5) is 4.39 Å². The van der Waals surface area contributed by atoms with Crippen molar-refractivity contribution in [3.63, 3.8) is 0 Å². The maximum atomic E-state index is 14.0. The molecule has 2 aliphatic heterocycles. The Morgan fingerprint density at radius 2 is 1.86 bits per heavy atom. The highest BCUT2D eigenvalue weighted by Gasteiger charge is 2.51. The standard InChI is InChI=1S/C16H23BFNO3/c1-15(2)16(3,4)22-17(21-15)12-8-13(19-14(18)9-12)11-6-5-7-20-10-11/h8-9,11H,5-7,10H2,1-4H3. The second-order valence-corrected chi connectivity index (χ2v) is 7.15. The van der Waals surface area contributed by atoms with Crippen molar-refractivity contribution >= 4 is 12.6 Å². The summed E-state index contributed by atoms with van der Waals surface area (Å²) in [5.74, 6) is -0.349. The first kappa shape index (κ1) is 15.9. The molecule has 2 saturated heterocycles. The first-order valence-electron chi connectivity index (χ1n) is 7.89. The number of nitrogens with zero attached hydrogens (tertiary/aromatic N) is 1. The Morgan fingerprint density at radius 1 is 1.18 bits per heavy atom. The van der Waals surface area contributed by atoms with Gasteiger partial charge in [0.2, 0.25) is 5.95 Å². The van der Waals surface area contributed by atoms with E-state index in [4.69, 9.17) is 14.0 Å². The van der Waals surface area contributed by atoms with Gasteiger partial charge in [0.25, 0.3) is 0 Å². The van der Waals surface area contributed by atoms with Gasteiger partial charge in [-0.3, -0.25) is 0 Å². The molecule has 1 aromatic rings. The van der Waals surface area contributed by atoms with Gasteiger partial charge in [-0.1, -0.05) is 0 Å². The highest BCUT2D eigenvalue weighted by Crippen LogP contribution is 2.36. The molecule has 0 radical (unpaired) electrons. The van der Waals surface area contributed by atoms with Crippen LogP contribution in [0.25, 0.3) is 0 Å². The molecule has 120 valence electrons. The SMILES string of the molecule is CC1(C)OB(c2cc(F)nc(C3CCCOC3)c2)OC1(C)C. The van der Waals surface area contributed by atoms with Crippen molar-refractivity contribution in [2.45, 2.75) is 57.7 Å². The van der Waals surface area contributed by atoms with Gasteiger partial charge in [-0.15, -0.1) is 0 Å². The maximum absolute atomic E-state index is 14.0. The van der Waals surface area contributed by atoms with E-state index in [-0.39, 0.29) is 5.92 Å². The first-order chi connectivity index (χ1) is 10.3. The summed E-state index contributed by atoms with van der Waals surface area (Å²) >= 11 is 0. The molecule has 0 N–H and O–H groups in total. The lowest BCUT2D eigenvalue weighted by Crippen LogP contribution is -2.41. The molecule has 2 fully saturated rings. The summed E-state index contributed by atoms with van der Waals surface area (Å²) < 4.78 is 31.4. The highest BCUT2D eigenvalue weighted by atomic mass is 19.1. The quantitative estimate of drug-likeness (QED) is 0.621. The van der Waals surface area contributed by atoms with Gasteiger partial charge in [0.05, 0.1) is 17.8 Å². The normalized spacial score (nSPS) is 27.1. The van der Waals surface area contributed by atoms with Gasteiger partial charge >= 0.3 is 7.12 Å². The first-order valence-corrected chi connectivity index (χ1v) is 7.89. The minimum absolute atomic E-state index is 0.144. The highest BCUT2D eigenvalue weighted by molar-refractivity contribution is 6.62. The molecule has 6 heteroatoms. The summed E-state index contributed by atoms with van der Waals surface area (Å²) in [7, 11) is -0.564. The van der Waals surface area contributed by atoms with Crippen LogP contribution in [-0.2, 0) is 14.0 Å². The summed E-state index contributed by atoms with van der Waals surface area (Å²) in [5.41, 5.74) is 0.535. The van der Waals surface area contributed by atoms with Crippen LogP contribution in [0.15, 0.2) is 12.1 Å². The largest absolute Gasteiger partial charge is 0.495 e. The third-order valence-electron chi connectivity index (χ3n) is 4.94. The van der Waals surface area contributed by atoms with Crippen LogP contribution in [0.1, 0.15) is 52.1 Å². The number of rotatable bonds is 2. The van der Waals surface area contributed by atoms with Crippen LogP contribution in [0.3, 0.4) is 0 Å². The van der Waals surface area contributed by atoms with Crippen molar-refractivity contribution in [2.24, 2.45) is 0 Å². The van der Waals surface area contributed by atoms with Crippen molar-refractivity contribution in [3.8, 4) is 0 Å². The van der Waals surface area contributed by atoms with E-state index in [2.05, 4.69) is 4.98 Å². The summed E-state index contributed by atoms with van der Waals surface area (Å²) in [5, 5.41) is 0. The van der Waals surface area contributed by atoms with Crippen molar-refractivity contribution < 1.29 is 18.4 Å². The number of hydrogen-bond donors (Lipinski definition) is 0. The van der Waals surface area contributed by atoms with Crippen LogP contribution in [0, 0.1) is 5.95 Å². The Morgan fingerprint density at radius 3 is 2.45 bits per heavy atom. The molecule has 2 aliphatic rings. The zero-order valence-electron chi connectivity index (χ0n) is 13.7. The second kappa shape index (κ2) is 5.58. The molecule has 0 bridgehead atoms. The third kappa shape index (κ3) is 2.92. The molecule has 0 saturated carbocycles. The lowest BCUT2D eigenvalue weighted by molar-refractivity contribution is 0.00578. The van der Waals surface area contributed by atoms with Gasteiger partial charge in [-0.2, -0.15) is 4.39 Å². The minimum atomic E-state index is -0.564. The van der Waals surface area contributed by atoms with Gasteiger partial charge in [-0.25, -0.2) is 4.98 Å². The maximum Gasteiger partial charge on any atom is 0.495 e. The fourth-order valence-electron chi connectivity index (χ4n) is 2.84. The Labute approximate surface area is 131 Å². The van der Waals surface area contributed by atoms with Crippen molar-refractivity contribution in [1.82, 2.24) is 4.98 Å². The number of pyridine rings is 1. The van der Waals surface area contributed by atoms with Crippen LogP contribution in [0.5, 0.6) is 0 Å². The lowest BCUT2D eigenvalue weighted by atomic mass is 9.78. The van der Waals surface area contributed by atoms with E-state index in [1.54, 1.807) is 0 Å². The van der Waals surface area contributed by atoms with Crippen molar-refractivity contribution in [2.75, 3.05) is 13.2 Å². The summed E-state index contributed by atoms with van der Waals surface area (Å²) in [6.07, 6.45) is 1.95. The summed E-state index contributed by atoms with van der Waals surface area (Å²) in [4.78, 5) is 4.04. The van der Waals surface area contributed by atoms with Crippen LogP contribution in [-0.4, -0.2) is 36.5 Å². The molecule has 22 heavy (non-hydrogen) atoms. The topological polar surface area (TPSA) is 40.6 Å². The van der Waals surface area contributed by atoms with Crippen molar-refractivity contribution in [3.05, 3.63) is 23.8 Å². The van der Waals surface area contributed by atoms with Crippen molar-refractivity contribution in [1.29, 1.82) is 0 Å². The molecule has 4 nitrogen and oxygen atoms in total. The van der Waals surface area contributed by atoms with E-state index in [0.717, 1.165) is 25.1 Å². The van der Waals surface area contributed by atoms with E-state index >= 15 is 0 Å². The van der Waals surface area contributed by atoms with Gasteiger partial charge < -0.3 is 14.0 Å². The molecular formula is C16H23BFNO3. The molecule has 1 aromatic heterocycles. The molecule has 0 amide bonds. The average Bonchev–Trinajstić information content (AvgIpc) is 2.68. The average molecular weight is 307 g/mol. The Balaban J connectivity index is 1.87. The summed E-state index contributed by atoms with van der Waals surface area (Å²) in [6.45, 7) is 9.32. The predicted molar refractivity (Wildman–Crippen MR) is 82.7 cm³/mol. The smallest absolute Gasteiger partial charge is 0.399 e. The van der Waals surface area contributed by atoms with Crippen LogP contribution < -0.4 is 5.46 Å². The molecule has 1 unspecified atom stereocenters. The Hall–Kier alpha value is -0.975. The van der Waals surface area contributed by atoms with E-state index in [1.807, 2.05) is 33.8 Å². The number of ether oxygens (including phenoxy) is 1. The second-order valence-electron chi connectivity index (χ2n) is 7.15. The van der Waals surface area contributed by atoms with Gasteiger partial charge in [-0.05, 0) is 58.1 Å². The number of hydrogen-bond acceptors (Lipinski definition) is 4. The Kier molecular flexibility index (Phi) is 4.04. The molecule has 1 atom stereocenters. The Bertz CT molecular complexity index is 542. The monoisotopic (exact) mass is 307 g/mol. The lowest BCUT2D eigenvalue weighted by Gasteiger charge is -2.32. The predicted octanol–water partition coefficient (Wildman–Crippen LogP) is 2.41. The fourth-order valence-corrected chi connectivity index (χ4v) is 2.84. The molecule has 0 spiro atoms. The minimum Gasteiger partial charge on any atom is -0.399 e. The third-order valence-corrected chi connectivity index (χ3v) is 4.94. The molecule has 3 heterocycles. The molecular weight excluding hydrogens is 284 g/mol. The number of aromatic nitrogens is 1. The number of halogens is 1. The van der Waals surface area contributed by atoms with Gasteiger partial charge in [0, 0.05) is 18.2 Å². The van der Waals surface area contributed by atoms with E-state index in [9.17, 15) is 4.39 Å². The van der Waals surface area contributed by atoms with E-state index in [1.165, 1.54) is 6.07 Å². The van der Waals surface area contributed by atoms with Crippen LogP contribution in [0.2, 0.25) is 0 Å². The van der Waals surface area contributed by atoms with E-state index in [0.29, 0.717) is 12.1 Å². The molecule has 0 aromatic carbocycles. The fraction of sp³-hybridized carbons (Fsp3) is 0.688. The van der Waals surface area contributed by atoms with Gasteiger partial charge in [0.1, 0.15) is 0 Å². The summed E-state index contributed by atoms with van der Waals surface area (Å²) in [6, 6.07) is 3.29. The molecule has 3 rings (SSSR count). The zero-order chi connectivity index (χ0) is 16.0. The van der Waals surface area contributed by atoms with Crippen LogP contribution >= 0.6 is 0 Å².